The summed E-state index contributed by atoms with van der Waals surface area (Å²) >= 11 is 0. The number of hydrogen-bond donors (Lipinski definition) is 0. The first-order valence-corrected chi connectivity index (χ1v) is 7.73. The molecule has 1 atom stereocenters. The van der Waals surface area contributed by atoms with Crippen LogP contribution >= 0.6 is 7.60 Å². The first-order valence-electron chi connectivity index (χ1n) is 6.11. The summed E-state index contributed by atoms with van der Waals surface area (Å²) in [6, 6.07) is 5.33. The normalized spacial score (nSPS) is 13.6. The van der Waals surface area contributed by atoms with E-state index in [2.05, 4.69) is 16.6 Å². The lowest BCUT2D eigenvalue weighted by atomic mass is 10.3. The van der Waals surface area contributed by atoms with Crippen LogP contribution in [0.15, 0.2) is 42.0 Å². The maximum atomic E-state index is 12.8. The molecule has 0 bridgehead atoms. The van der Waals surface area contributed by atoms with Gasteiger partial charge in [-0.2, -0.15) is 0 Å². The van der Waals surface area contributed by atoms with Crippen molar-refractivity contribution in [1.29, 1.82) is 0 Å². The van der Waals surface area contributed by atoms with Crippen LogP contribution in [0.2, 0.25) is 0 Å². The third-order valence-electron chi connectivity index (χ3n) is 2.20. The zero-order valence-corrected chi connectivity index (χ0v) is 12.1. The molecule has 0 radical (unpaired) electrons. The molecule has 104 valence electrons. The molecule has 0 saturated carbocycles. The fraction of sp³-hybridized carbons (Fsp3) is 0.385. The fourth-order valence-electron chi connectivity index (χ4n) is 1.53. The summed E-state index contributed by atoms with van der Waals surface area (Å²) < 4.78 is 23.4. The van der Waals surface area contributed by atoms with E-state index >= 15 is 0 Å². The molecule has 0 fully saturated rings. The Morgan fingerprint density at radius 2 is 2.11 bits per heavy atom. The molecule has 5 nitrogen and oxygen atoms in total. The first-order chi connectivity index (χ1) is 9.18. The second-order valence-electron chi connectivity index (χ2n) is 3.54. The smallest absolute Gasteiger partial charge is 0.307 e. The zero-order chi connectivity index (χ0) is 14.1. The number of hydrogen-bond acceptors (Lipinski definition) is 5. The number of pyridine rings is 1. The molecule has 0 amide bonds. The molecule has 0 aromatic carbocycles. The molecule has 1 aromatic rings. The Kier molecular flexibility index (Phi) is 6.64. The molecule has 1 aromatic heterocycles. The van der Waals surface area contributed by atoms with Crippen LogP contribution in [-0.2, 0) is 13.6 Å². The Labute approximate surface area is 113 Å². The van der Waals surface area contributed by atoms with Crippen molar-refractivity contribution in [3.05, 3.63) is 42.7 Å². The minimum Gasteiger partial charge on any atom is -0.307 e. The molecule has 6 heteroatoms. The van der Waals surface area contributed by atoms with E-state index in [1.54, 1.807) is 38.2 Å². The molecule has 1 heterocycles. The highest BCUT2D eigenvalue weighted by molar-refractivity contribution is 7.54. The van der Waals surface area contributed by atoms with E-state index in [4.69, 9.17) is 9.05 Å². The van der Waals surface area contributed by atoms with Gasteiger partial charge in [-0.25, -0.2) is 0 Å². The number of nitrogens with zero attached hydrogens (tertiary/aromatic N) is 2. The maximum Gasteiger partial charge on any atom is 0.361 e. The van der Waals surface area contributed by atoms with Crippen LogP contribution < -0.4 is 0 Å². The summed E-state index contributed by atoms with van der Waals surface area (Å²) in [5, 5.41) is 0. The van der Waals surface area contributed by atoms with Gasteiger partial charge >= 0.3 is 7.60 Å². The minimum atomic E-state index is -3.39. The van der Waals surface area contributed by atoms with Gasteiger partial charge in [0.1, 0.15) is 0 Å². The highest BCUT2D eigenvalue weighted by atomic mass is 31.2. The number of aliphatic imine (C=N–C) groups is 1. The van der Waals surface area contributed by atoms with Crippen LogP contribution in [0.1, 0.15) is 25.3 Å². The van der Waals surface area contributed by atoms with Gasteiger partial charge in [0.25, 0.3) is 0 Å². The van der Waals surface area contributed by atoms with E-state index in [-0.39, 0.29) is 13.2 Å². The second kappa shape index (κ2) is 8.00. The lowest BCUT2D eigenvalue weighted by Crippen LogP contribution is -2.06. The Morgan fingerprint density at radius 1 is 1.42 bits per heavy atom. The van der Waals surface area contributed by atoms with Crippen LogP contribution in [0, 0.1) is 0 Å². The van der Waals surface area contributed by atoms with Gasteiger partial charge in [-0.3, -0.25) is 14.5 Å². The summed E-state index contributed by atoms with van der Waals surface area (Å²) in [6.07, 6.45) is 4.61. The van der Waals surface area contributed by atoms with E-state index in [1.165, 1.54) is 12.3 Å². The molecule has 19 heavy (non-hydrogen) atoms. The summed E-state index contributed by atoms with van der Waals surface area (Å²) in [5.41, 5.74) is 0.547. The maximum absolute atomic E-state index is 12.8. The van der Waals surface area contributed by atoms with E-state index in [0.29, 0.717) is 5.69 Å². The predicted molar refractivity (Wildman–Crippen MR) is 76.5 cm³/mol. The van der Waals surface area contributed by atoms with Crippen LogP contribution in [-0.4, -0.2) is 24.4 Å². The first kappa shape index (κ1) is 15.8. The van der Waals surface area contributed by atoms with Crippen molar-refractivity contribution in [2.24, 2.45) is 4.99 Å². The predicted octanol–water partition coefficient (Wildman–Crippen LogP) is 3.60. The summed E-state index contributed by atoms with van der Waals surface area (Å²) in [6.45, 7) is 7.65. The van der Waals surface area contributed by atoms with E-state index < -0.39 is 13.4 Å². The van der Waals surface area contributed by atoms with Gasteiger partial charge in [-0.1, -0.05) is 18.7 Å². The van der Waals surface area contributed by atoms with Crippen LogP contribution in [0.4, 0.5) is 0 Å². The van der Waals surface area contributed by atoms with Crippen molar-refractivity contribution >= 4 is 13.8 Å². The van der Waals surface area contributed by atoms with Gasteiger partial charge < -0.3 is 9.05 Å². The van der Waals surface area contributed by atoms with Gasteiger partial charge in [0, 0.05) is 12.4 Å². The molecule has 0 spiro atoms. The Hall–Kier alpha value is -1.29. The van der Waals surface area contributed by atoms with Crippen molar-refractivity contribution < 1.29 is 13.6 Å². The minimum absolute atomic E-state index is 0.282. The second-order valence-corrected chi connectivity index (χ2v) is 5.62. The molecule has 1 rings (SSSR count). The molecule has 0 saturated heterocycles. The van der Waals surface area contributed by atoms with Gasteiger partial charge in [-0.15, -0.1) is 0 Å². The van der Waals surface area contributed by atoms with Gasteiger partial charge in [0.2, 0.25) is 0 Å². The highest BCUT2D eigenvalue weighted by Crippen LogP contribution is 2.61. The monoisotopic (exact) mass is 282 g/mol. The summed E-state index contributed by atoms with van der Waals surface area (Å²) in [4.78, 5) is 8.39. The van der Waals surface area contributed by atoms with Crippen LogP contribution in [0.25, 0.3) is 0 Å². The average molecular weight is 282 g/mol. The molecule has 1 unspecified atom stereocenters. The van der Waals surface area contributed by atoms with E-state index in [1.807, 2.05) is 0 Å². The topological polar surface area (TPSA) is 60.8 Å². The van der Waals surface area contributed by atoms with E-state index in [9.17, 15) is 4.57 Å². The third kappa shape index (κ3) is 4.39. The van der Waals surface area contributed by atoms with E-state index in [0.717, 1.165) is 0 Å². The lowest BCUT2D eigenvalue weighted by Gasteiger charge is -2.22. The standard InChI is InChI=1S/C13H19N2O3P/c1-4-10-15-13(12-9-7-8-11-14-12)19(16,17-5-2)18-6-3/h4,7-11,13H,1,5-6H2,2-3H3/b15-10-. The molecule has 0 aliphatic rings. The van der Waals surface area contributed by atoms with Crippen molar-refractivity contribution in [2.75, 3.05) is 13.2 Å². The summed E-state index contributed by atoms with van der Waals surface area (Å²) in [5.74, 6) is -0.772. The van der Waals surface area contributed by atoms with Crippen LogP contribution in [0.3, 0.4) is 0 Å². The van der Waals surface area contributed by atoms with Crippen molar-refractivity contribution in [3.8, 4) is 0 Å². The van der Waals surface area contributed by atoms with Crippen molar-refractivity contribution in [1.82, 2.24) is 4.98 Å². The number of allylic oxidation sites excluding steroid dienone is 1. The Bertz CT molecular complexity index is 452. The third-order valence-corrected chi connectivity index (χ3v) is 4.44. The lowest BCUT2D eigenvalue weighted by molar-refractivity contribution is 0.212. The molecule has 0 N–H and O–H groups in total. The largest absolute Gasteiger partial charge is 0.361 e. The fourth-order valence-corrected chi connectivity index (χ4v) is 3.32. The van der Waals surface area contributed by atoms with Crippen molar-refractivity contribution in [2.45, 2.75) is 19.6 Å². The highest BCUT2D eigenvalue weighted by Gasteiger charge is 2.37. The zero-order valence-electron chi connectivity index (χ0n) is 11.2. The molecule has 0 aliphatic carbocycles. The van der Waals surface area contributed by atoms with Crippen LogP contribution in [0.5, 0.6) is 0 Å². The SMILES string of the molecule is C=C/C=N\C(c1ccccn1)P(=O)(OCC)OCC. The van der Waals surface area contributed by atoms with Gasteiger partial charge in [0.15, 0.2) is 5.78 Å². The number of rotatable bonds is 8. The van der Waals surface area contributed by atoms with Crippen molar-refractivity contribution in [3.63, 3.8) is 0 Å². The molecular formula is C13H19N2O3P. The summed E-state index contributed by atoms with van der Waals surface area (Å²) in [7, 11) is -3.39. The van der Waals surface area contributed by atoms with Gasteiger partial charge in [0.05, 0.1) is 18.9 Å². The Morgan fingerprint density at radius 3 is 2.58 bits per heavy atom. The Balaban J connectivity index is 3.17. The quantitative estimate of drug-likeness (QED) is 0.540. The number of aromatic nitrogens is 1. The average Bonchev–Trinajstić information content (AvgIpc) is 2.41. The molecule has 0 aliphatic heterocycles. The molecular weight excluding hydrogens is 263 g/mol. The van der Waals surface area contributed by atoms with Gasteiger partial charge in [-0.05, 0) is 26.0 Å².